The highest BCUT2D eigenvalue weighted by molar-refractivity contribution is 5.86. The summed E-state index contributed by atoms with van der Waals surface area (Å²) in [5.74, 6) is -0.310. The molecule has 0 aliphatic carbocycles. The molecule has 29 heavy (non-hydrogen) atoms. The fourth-order valence-electron chi connectivity index (χ4n) is 3.82. The minimum absolute atomic E-state index is 0. The molecular formula is C24H32BrNO3. The summed E-state index contributed by atoms with van der Waals surface area (Å²) in [7, 11) is 4.45. The molecule has 1 aliphatic rings. The monoisotopic (exact) mass is 461 g/mol. The van der Waals surface area contributed by atoms with Gasteiger partial charge in [0.2, 0.25) is 5.60 Å². The van der Waals surface area contributed by atoms with E-state index in [4.69, 9.17) is 9.47 Å². The first-order valence-corrected chi connectivity index (χ1v) is 10.3. The normalized spacial score (nSPS) is 16.7. The Labute approximate surface area is 185 Å². The molecule has 0 unspecified atom stereocenters. The number of esters is 1. The second kappa shape index (κ2) is 10.4. The number of hydrogen-bond donors (Lipinski definition) is 0. The molecule has 0 spiro atoms. The van der Waals surface area contributed by atoms with Crippen LogP contribution in [0.2, 0.25) is 0 Å². The summed E-state index contributed by atoms with van der Waals surface area (Å²) in [6.45, 7) is 4.55. The number of benzene rings is 2. The van der Waals surface area contributed by atoms with Crippen LogP contribution in [0.1, 0.15) is 37.3 Å². The quantitative estimate of drug-likeness (QED) is 0.458. The molecule has 0 amide bonds. The number of likely N-dealkylation sites (tertiary alicyclic amines) is 1. The highest BCUT2D eigenvalue weighted by Crippen LogP contribution is 2.36. The smallest absolute Gasteiger partial charge is 0.348 e. The van der Waals surface area contributed by atoms with E-state index < -0.39 is 5.60 Å². The summed E-state index contributed by atoms with van der Waals surface area (Å²) in [6, 6.07) is 19.5. The maximum Gasteiger partial charge on any atom is 0.348 e. The van der Waals surface area contributed by atoms with Crippen LogP contribution in [0.5, 0.6) is 0 Å². The Morgan fingerprint density at radius 1 is 0.966 bits per heavy atom. The minimum atomic E-state index is -1.24. The Morgan fingerprint density at radius 3 is 1.90 bits per heavy atom. The van der Waals surface area contributed by atoms with E-state index in [9.17, 15) is 4.79 Å². The van der Waals surface area contributed by atoms with Gasteiger partial charge in [-0.1, -0.05) is 67.6 Å². The summed E-state index contributed by atoms with van der Waals surface area (Å²) in [4.78, 5) is 13.6. The molecule has 0 atom stereocenters. The molecule has 158 valence electrons. The van der Waals surface area contributed by atoms with E-state index in [1.807, 2.05) is 67.6 Å². The number of halogens is 1. The molecule has 0 aromatic heterocycles. The summed E-state index contributed by atoms with van der Waals surface area (Å²) in [5.41, 5.74) is 0.388. The van der Waals surface area contributed by atoms with E-state index in [1.54, 1.807) is 0 Å². The lowest BCUT2D eigenvalue weighted by Gasteiger charge is -2.39. The van der Waals surface area contributed by atoms with Crippen molar-refractivity contribution in [2.45, 2.75) is 37.9 Å². The van der Waals surface area contributed by atoms with Gasteiger partial charge in [0.1, 0.15) is 6.10 Å². The zero-order valence-corrected chi connectivity index (χ0v) is 19.2. The molecule has 1 heterocycles. The summed E-state index contributed by atoms with van der Waals surface area (Å²) >= 11 is 0. The first kappa shape index (κ1) is 23.6. The van der Waals surface area contributed by atoms with Gasteiger partial charge in [0.15, 0.2) is 0 Å². The van der Waals surface area contributed by atoms with Gasteiger partial charge >= 0.3 is 5.97 Å². The Bertz CT molecular complexity index is 715. The van der Waals surface area contributed by atoms with Gasteiger partial charge < -0.3 is 30.9 Å². The first-order chi connectivity index (χ1) is 13.5. The lowest BCUT2D eigenvalue weighted by Crippen LogP contribution is -3.00. The van der Waals surface area contributed by atoms with Crippen LogP contribution in [0.25, 0.3) is 0 Å². The second-order valence-electron chi connectivity index (χ2n) is 8.25. The number of hydrogen-bond acceptors (Lipinski definition) is 3. The number of rotatable bonds is 7. The van der Waals surface area contributed by atoms with E-state index in [1.165, 1.54) is 0 Å². The van der Waals surface area contributed by atoms with Crippen molar-refractivity contribution in [1.82, 2.24) is 0 Å². The van der Waals surface area contributed by atoms with Gasteiger partial charge in [-0.3, -0.25) is 0 Å². The van der Waals surface area contributed by atoms with Crippen molar-refractivity contribution < 1.29 is 35.7 Å². The van der Waals surface area contributed by atoms with Crippen molar-refractivity contribution in [2.24, 2.45) is 0 Å². The third-order valence-corrected chi connectivity index (χ3v) is 5.56. The topological polar surface area (TPSA) is 35.5 Å². The lowest BCUT2D eigenvalue weighted by atomic mass is 9.85. The molecule has 0 N–H and O–H groups in total. The largest absolute Gasteiger partial charge is 1.00 e. The van der Waals surface area contributed by atoms with Crippen LogP contribution in [0, 0.1) is 0 Å². The second-order valence-corrected chi connectivity index (χ2v) is 8.25. The number of ether oxygens (including phenoxy) is 2. The van der Waals surface area contributed by atoms with Crippen molar-refractivity contribution in [2.75, 3.05) is 33.8 Å². The number of quaternary nitrogens is 1. The lowest BCUT2D eigenvalue weighted by molar-refractivity contribution is -0.896. The molecule has 1 aliphatic heterocycles. The first-order valence-electron chi connectivity index (χ1n) is 10.3. The molecule has 2 aromatic rings. The predicted molar refractivity (Wildman–Crippen MR) is 111 cm³/mol. The molecule has 2 aromatic carbocycles. The van der Waals surface area contributed by atoms with E-state index in [-0.39, 0.29) is 29.1 Å². The van der Waals surface area contributed by atoms with Gasteiger partial charge in [0, 0.05) is 19.4 Å². The third kappa shape index (κ3) is 5.47. The molecular weight excluding hydrogens is 430 g/mol. The highest BCUT2D eigenvalue weighted by Gasteiger charge is 2.46. The van der Waals surface area contributed by atoms with Crippen LogP contribution in [0.15, 0.2) is 60.7 Å². The van der Waals surface area contributed by atoms with Crippen LogP contribution >= 0.6 is 0 Å². The molecule has 3 rings (SSSR count). The Balaban J connectivity index is 0.00000300. The standard InChI is InChI=1S/C24H32NO3.BrH/c1-4-19-27-24(20-11-7-5-8-12-20,21-13-9-6-10-14-21)23(26)28-22-15-17-25(2,3)18-16-22;/h5-14,22H,4,15-19H2,1-3H3;1H/q+1;/p-1. The summed E-state index contributed by atoms with van der Waals surface area (Å²) < 4.78 is 13.4. The fraction of sp³-hybridized carbons (Fsp3) is 0.458. The Kier molecular flexibility index (Phi) is 8.44. The maximum atomic E-state index is 13.6. The van der Waals surface area contributed by atoms with Gasteiger partial charge in [0.05, 0.1) is 27.2 Å². The van der Waals surface area contributed by atoms with Crippen molar-refractivity contribution in [3.63, 3.8) is 0 Å². The number of piperidine rings is 1. The van der Waals surface area contributed by atoms with E-state index in [0.29, 0.717) is 6.61 Å². The number of carbonyl (C=O) groups is 1. The fourth-order valence-corrected chi connectivity index (χ4v) is 3.82. The van der Waals surface area contributed by atoms with Crippen molar-refractivity contribution in [1.29, 1.82) is 0 Å². The third-order valence-electron chi connectivity index (χ3n) is 5.56. The summed E-state index contributed by atoms with van der Waals surface area (Å²) in [6.07, 6.45) is 2.53. The van der Waals surface area contributed by atoms with Crippen LogP contribution < -0.4 is 17.0 Å². The highest BCUT2D eigenvalue weighted by atomic mass is 79.9. The minimum Gasteiger partial charge on any atom is -1.00 e. The van der Waals surface area contributed by atoms with Crippen LogP contribution in [0.3, 0.4) is 0 Å². The van der Waals surface area contributed by atoms with Crippen molar-refractivity contribution in [3.8, 4) is 0 Å². The van der Waals surface area contributed by atoms with E-state index >= 15 is 0 Å². The average Bonchev–Trinajstić information content (AvgIpc) is 2.72. The van der Waals surface area contributed by atoms with Gasteiger partial charge in [-0.15, -0.1) is 0 Å². The molecule has 0 saturated carbocycles. The van der Waals surface area contributed by atoms with Crippen molar-refractivity contribution >= 4 is 5.97 Å². The molecule has 4 nitrogen and oxygen atoms in total. The maximum absolute atomic E-state index is 13.6. The van der Waals surface area contributed by atoms with Gasteiger partial charge in [-0.05, 0) is 17.5 Å². The number of carbonyl (C=O) groups excluding carboxylic acids is 1. The van der Waals surface area contributed by atoms with Crippen LogP contribution in [0.4, 0.5) is 0 Å². The van der Waals surface area contributed by atoms with E-state index in [2.05, 4.69) is 14.1 Å². The zero-order valence-electron chi connectivity index (χ0n) is 17.6. The van der Waals surface area contributed by atoms with Gasteiger partial charge in [-0.2, -0.15) is 0 Å². The van der Waals surface area contributed by atoms with Gasteiger partial charge in [0.25, 0.3) is 0 Å². The summed E-state index contributed by atoms with van der Waals surface area (Å²) in [5, 5.41) is 0. The van der Waals surface area contributed by atoms with Crippen LogP contribution in [-0.2, 0) is 19.9 Å². The number of nitrogens with zero attached hydrogens (tertiary/aromatic N) is 1. The van der Waals surface area contributed by atoms with Crippen molar-refractivity contribution in [3.05, 3.63) is 71.8 Å². The average molecular weight is 462 g/mol. The van der Waals surface area contributed by atoms with E-state index in [0.717, 1.165) is 48.0 Å². The molecule has 0 radical (unpaired) electrons. The Hall–Kier alpha value is -1.69. The Morgan fingerprint density at radius 2 is 1.45 bits per heavy atom. The van der Waals surface area contributed by atoms with Gasteiger partial charge in [-0.25, -0.2) is 4.79 Å². The molecule has 1 saturated heterocycles. The SMILES string of the molecule is CCCOC(C(=O)OC1CC[N+](C)(C)CC1)(c1ccccc1)c1ccccc1.[Br-]. The van der Waals surface area contributed by atoms with Crippen LogP contribution in [-0.4, -0.2) is 50.3 Å². The zero-order chi connectivity index (χ0) is 20.0. The molecule has 5 heteroatoms. The molecule has 1 fully saturated rings. The predicted octanol–water partition coefficient (Wildman–Crippen LogP) is 1.14. The molecule has 0 bridgehead atoms.